The van der Waals surface area contributed by atoms with Crippen molar-refractivity contribution in [1.82, 2.24) is 9.97 Å². The van der Waals surface area contributed by atoms with Gasteiger partial charge in [-0.1, -0.05) is 48.0 Å². The van der Waals surface area contributed by atoms with Gasteiger partial charge in [0.05, 0.1) is 23.0 Å². The fourth-order valence-electron chi connectivity index (χ4n) is 2.46. The van der Waals surface area contributed by atoms with Crippen molar-refractivity contribution in [3.63, 3.8) is 0 Å². The van der Waals surface area contributed by atoms with Gasteiger partial charge in [0.2, 0.25) is 5.95 Å². The summed E-state index contributed by atoms with van der Waals surface area (Å²) in [6, 6.07) is 17.4. The van der Waals surface area contributed by atoms with E-state index < -0.39 is 0 Å². The third-order valence-electron chi connectivity index (χ3n) is 3.83. The Morgan fingerprint density at radius 1 is 1.08 bits per heavy atom. The number of aromatic nitrogens is 2. The Morgan fingerprint density at radius 3 is 2.54 bits per heavy atom. The second kappa shape index (κ2) is 8.17. The molecule has 3 aromatic rings. The molecule has 2 aromatic carbocycles. The summed E-state index contributed by atoms with van der Waals surface area (Å²) in [6.45, 7) is 3.85. The molecule has 3 N–H and O–H groups in total. The van der Waals surface area contributed by atoms with E-state index in [0.29, 0.717) is 16.8 Å². The molecule has 0 saturated carbocycles. The van der Waals surface area contributed by atoms with E-state index in [2.05, 4.69) is 20.6 Å². The standard InChI is InChI=1S/C20H21ClN4O/c1-13-8-9-17(16(21)10-13)23-19-11-18(15-6-4-3-5-7-15)24-20(25-19)22-14(2)12-26/h3-11,14,26H,12H2,1-2H3,(H2,22,23,24,25)/t14-/m0/s1. The predicted octanol–water partition coefficient (Wildman–Crippen LogP) is 4.64. The van der Waals surface area contributed by atoms with Gasteiger partial charge in [0.15, 0.2) is 0 Å². The highest BCUT2D eigenvalue weighted by Gasteiger charge is 2.10. The molecule has 0 aliphatic rings. The first-order valence-corrected chi connectivity index (χ1v) is 8.78. The number of rotatable bonds is 6. The summed E-state index contributed by atoms with van der Waals surface area (Å²) in [5.74, 6) is 1.07. The Labute approximate surface area is 158 Å². The van der Waals surface area contributed by atoms with Gasteiger partial charge in [-0.15, -0.1) is 0 Å². The van der Waals surface area contributed by atoms with Gasteiger partial charge in [-0.3, -0.25) is 0 Å². The number of hydrogen-bond donors (Lipinski definition) is 3. The average molecular weight is 369 g/mol. The molecule has 3 rings (SSSR count). The van der Waals surface area contributed by atoms with E-state index in [9.17, 15) is 5.11 Å². The maximum absolute atomic E-state index is 9.30. The van der Waals surface area contributed by atoms with Crippen molar-refractivity contribution in [3.05, 3.63) is 65.2 Å². The third kappa shape index (κ3) is 4.50. The average Bonchev–Trinajstić information content (AvgIpc) is 2.64. The van der Waals surface area contributed by atoms with Gasteiger partial charge in [-0.2, -0.15) is 4.98 Å². The van der Waals surface area contributed by atoms with Gasteiger partial charge in [-0.25, -0.2) is 4.98 Å². The van der Waals surface area contributed by atoms with Crippen molar-refractivity contribution >= 4 is 29.1 Å². The first-order chi connectivity index (χ1) is 12.5. The summed E-state index contributed by atoms with van der Waals surface area (Å²) >= 11 is 6.33. The Balaban J connectivity index is 1.98. The van der Waals surface area contributed by atoms with Crippen LogP contribution < -0.4 is 10.6 Å². The van der Waals surface area contributed by atoms with Crippen molar-refractivity contribution in [3.8, 4) is 11.3 Å². The summed E-state index contributed by atoms with van der Waals surface area (Å²) in [5.41, 5.74) is 3.62. The van der Waals surface area contributed by atoms with E-state index in [0.717, 1.165) is 22.5 Å². The minimum Gasteiger partial charge on any atom is -0.394 e. The summed E-state index contributed by atoms with van der Waals surface area (Å²) < 4.78 is 0. The molecule has 0 aliphatic carbocycles. The molecular weight excluding hydrogens is 348 g/mol. The maximum Gasteiger partial charge on any atom is 0.225 e. The van der Waals surface area contributed by atoms with E-state index >= 15 is 0 Å². The van der Waals surface area contributed by atoms with E-state index in [1.54, 1.807) is 0 Å². The number of benzene rings is 2. The summed E-state index contributed by atoms with van der Waals surface area (Å²) in [5, 5.41) is 16.3. The molecule has 0 spiro atoms. The second-order valence-electron chi connectivity index (χ2n) is 6.16. The van der Waals surface area contributed by atoms with Crippen LogP contribution in [0.25, 0.3) is 11.3 Å². The lowest BCUT2D eigenvalue weighted by molar-refractivity contribution is 0.281. The molecule has 6 heteroatoms. The summed E-state index contributed by atoms with van der Waals surface area (Å²) in [7, 11) is 0. The number of aliphatic hydroxyl groups is 1. The van der Waals surface area contributed by atoms with Crippen LogP contribution in [-0.4, -0.2) is 27.7 Å². The minimum absolute atomic E-state index is 0.00846. The van der Waals surface area contributed by atoms with E-state index in [1.807, 2.05) is 68.4 Å². The van der Waals surface area contributed by atoms with Gasteiger partial charge in [0, 0.05) is 17.7 Å². The maximum atomic E-state index is 9.30. The number of hydrogen-bond acceptors (Lipinski definition) is 5. The quantitative estimate of drug-likeness (QED) is 0.591. The predicted molar refractivity (Wildman–Crippen MR) is 107 cm³/mol. The Hall–Kier alpha value is -2.63. The molecule has 0 amide bonds. The largest absolute Gasteiger partial charge is 0.394 e. The molecule has 5 nitrogen and oxygen atoms in total. The molecule has 0 unspecified atom stereocenters. The van der Waals surface area contributed by atoms with E-state index in [4.69, 9.17) is 11.6 Å². The number of anilines is 3. The molecular formula is C20H21ClN4O. The third-order valence-corrected chi connectivity index (χ3v) is 4.15. The van der Waals surface area contributed by atoms with Crippen LogP contribution in [0.5, 0.6) is 0 Å². The first kappa shape index (κ1) is 18.2. The molecule has 0 aliphatic heterocycles. The van der Waals surface area contributed by atoms with Crippen molar-refractivity contribution in [2.45, 2.75) is 19.9 Å². The normalized spacial score (nSPS) is 11.8. The van der Waals surface area contributed by atoms with Crippen LogP contribution in [0.1, 0.15) is 12.5 Å². The van der Waals surface area contributed by atoms with Crippen molar-refractivity contribution in [1.29, 1.82) is 0 Å². The molecule has 0 saturated heterocycles. The number of aliphatic hydroxyl groups excluding tert-OH is 1. The first-order valence-electron chi connectivity index (χ1n) is 8.40. The van der Waals surface area contributed by atoms with Crippen molar-refractivity contribution in [2.75, 3.05) is 17.2 Å². The van der Waals surface area contributed by atoms with Crippen LogP contribution >= 0.6 is 11.6 Å². The monoisotopic (exact) mass is 368 g/mol. The Bertz CT molecular complexity index is 886. The van der Waals surface area contributed by atoms with Gasteiger partial charge >= 0.3 is 0 Å². The SMILES string of the molecule is Cc1ccc(Nc2cc(-c3ccccc3)nc(N[C@@H](C)CO)n2)c(Cl)c1. The molecule has 0 bridgehead atoms. The van der Waals surface area contributed by atoms with Gasteiger partial charge in [-0.05, 0) is 31.5 Å². The molecule has 0 radical (unpaired) electrons. The lowest BCUT2D eigenvalue weighted by atomic mass is 10.1. The van der Waals surface area contributed by atoms with Crippen molar-refractivity contribution in [2.24, 2.45) is 0 Å². The fourth-order valence-corrected chi connectivity index (χ4v) is 2.74. The topological polar surface area (TPSA) is 70.1 Å². The van der Waals surface area contributed by atoms with Crippen molar-refractivity contribution < 1.29 is 5.11 Å². The van der Waals surface area contributed by atoms with Crippen LogP contribution in [0.3, 0.4) is 0 Å². The van der Waals surface area contributed by atoms with Gasteiger partial charge in [0.25, 0.3) is 0 Å². The number of nitrogens with one attached hydrogen (secondary N) is 2. The smallest absolute Gasteiger partial charge is 0.225 e. The fraction of sp³-hybridized carbons (Fsp3) is 0.200. The number of nitrogens with zero attached hydrogens (tertiary/aromatic N) is 2. The van der Waals surface area contributed by atoms with Crippen LogP contribution in [0.4, 0.5) is 17.5 Å². The Kier molecular flexibility index (Phi) is 5.71. The molecule has 1 heterocycles. The van der Waals surface area contributed by atoms with Crippen LogP contribution in [0.15, 0.2) is 54.6 Å². The lowest BCUT2D eigenvalue weighted by Gasteiger charge is -2.15. The highest BCUT2D eigenvalue weighted by molar-refractivity contribution is 6.33. The molecule has 26 heavy (non-hydrogen) atoms. The van der Waals surface area contributed by atoms with Gasteiger partial charge in [0.1, 0.15) is 5.82 Å². The zero-order valence-electron chi connectivity index (χ0n) is 14.7. The minimum atomic E-state index is -0.156. The molecule has 1 aromatic heterocycles. The molecule has 1 atom stereocenters. The number of aryl methyl sites for hydroxylation is 1. The van der Waals surface area contributed by atoms with E-state index in [-0.39, 0.29) is 12.6 Å². The highest BCUT2D eigenvalue weighted by atomic mass is 35.5. The zero-order chi connectivity index (χ0) is 18.5. The van der Waals surface area contributed by atoms with Crippen LogP contribution in [-0.2, 0) is 0 Å². The van der Waals surface area contributed by atoms with Crippen LogP contribution in [0, 0.1) is 6.92 Å². The Morgan fingerprint density at radius 2 is 1.85 bits per heavy atom. The highest BCUT2D eigenvalue weighted by Crippen LogP contribution is 2.28. The van der Waals surface area contributed by atoms with E-state index in [1.165, 1.54) is 0 Å². The lowest BCUT2D eigenvalue weighted by Crippen LogP contribution is -2.21. The summed E-state index contributed by atoms with van der Waals surface area (Å²) in [6.07, 6.45) is 0. The molecule has 134 valence electrons. The van der Waals surface area contributed by atoms with Gasteiger partial charge < -0.3 is 15.7 Å². The van der Waals surface area contributed by atoms with Crippen LogP contribution in [0.2, 0.25) is 5.02 Å². The zero-order valence-corrected chi connectivity index (χ0v) is 15.5. The molecule has 0 fully saturated rings. The second-order valence-corrected chi connectivity index (χ2v) is 6.57. The number of halogens is 1. The summed E-state index contributed by atoms with van der Waals surface area (Å²) in [4.78, 5) is 9.07.